The maximum atomic E-state index is 12.9. The molecule has 0 unspecified atom stereocenters. The van der Waals surface area contributed by atoms with Gasteiger partial charge in [0.05, 0.1) is 15.7 Å². The van der Waals surface area contributed by atoms with Gasteiger partial charge in [0, 0.05) is 5.69 Å². The Hall–Kier alpha value is -3.52. The van der Waals surface area contributed by atoms with Crippen LogP contribution in [0.25, 0.3) is 6.08 Å². The number of benzene rings is 3. The molecule has 9 heteroatoms. The predicted molar refractivity (Wildman–Crippen MR) is 135 cm³/mol. The van der Waals surface area contributed by atoms with Crippen molar-refractivity contribution in [2.24, 2.45) is 0 Å². The lowest BCUT2D eigenvalue weighted by atomic mass is 10.1. The summed E-state index contributed by atoms with van der Waals surface area (Å²) >= 11 is 2.08. The zero-order valence-electron chi connectivity index (χ0n) is 18.5. The van der Waals surface area contributed by atoms with Crippen molar-refractivity contribution in [3.63, 3.8) is 0 Å². The number of amides is 1. The van der Waals surface area contributed by atoms with Crippen LogP contribution in [0.2, 0.25) is 0 Å². The van der Waals surface area contributed by atoms with E-state index in [0.717, 1.165) is 17.7 Å². The first-order valence-electron chi connectivity index (χ1n) is 10.4. The molecular weight excluding hydrogens is 572 g/mol. The SMILES string of the molecule is CCOc1cc(/C=C(\C#N)C(=O)Nc2cccc(C(F)(F)F)c2)cc(I)c1OCc1ccccc1. The summed E-state index contributed by atoms with van der Waals surface area (Å²) in [6, 6.07) is 19.0. The zero-order chi connectivity index (χ0) is 25.4. The van der Waals surface area contributed by atoms with E-state index in [9.17, 15) is 23.2 Å². The van der Waals surface area contributed by atoms with E-state index in [0.29, 0.717) is 33.8 Å². The van der Waals surface area contributed by atoms with E-state index in [2.05, 4.69) is 27.9 Å². The average molecular weight is 592 g/mol. The Balaban J connectivity index is 1.84. The number of nitrogens with zero attached hydrogens (tertiary/aromatic N) is 1. The van der Waals surface area contributed by atoms with Crippen LogP contribution in [0.3, 0.4) is 0 Å². The highest BCUT2D eigenvalue weighted by atomic mass is 127. The number of hydrogen-bond donors (Lipinski definition) is 1. The lowest BCUT2D eigenvalue weighted by molar-refractivity contribution is -0.137. The summed E-state index contributed by atoms with van der Waals surface area (Å²) in [6.07, 6.45) is -3.21. The molecule has 0 bridgehead atoms. The molecule has 3 rings (SSSR count). The Bertz CT molecular complexity index is 1270. The van der Waals surface area contributed by atoms with Crippen LogP contribution < -0.4 is 14.8 Å². The number of hydrogen-bond acceptors (Lipinski definition) is 4. The largest absolute Gasteiger partial charge is 0.490 e. The first-order chi connectivity index (χ1) is 16.7. The molecule has 35 heavy (non-hydrogen) atoms. The number of carbonyl (C=O) groups excluding carboxylic acids is 1. The van der Waals surface area contributed by atoms with Gasteiger partial charge in [0.1, 0.15) is 18.2 Å². The highest BCUT2D eigenvalue weighted by molar-refractivity contribution is 14.1. The van der Waals surface area contributed by atoms with E-state index in [4.69, 9.17) is 9.47 Å². The van der Waals surface area contributed by atoms with Gasteiger partial charge in [-0.1, -0.05) is 36.4 Å². The van der Waals surface area contributed by atoms with Crippen molar-refractivity contribution in [2.75, 3.05) is 11.9 Å². The number of nitriles is 1. The van der Waals surface area contributed by atoms with E-state index in [1.165, 1.54) is 18.2 Å². The topological polar surface area (TPSA) is 71.3 Å². The van der Waals surface area contributed by atoms with Crippen LogP contribution >= 0.6 is 22.6 Å². The fraction of sp³-hybridized carbons (Fsp3) is 0.154. The second-order valence-corrected chi connectivity index (χ2v) is 8.40. The minimum Gasteiger partial charge on any atom is -0.490 e. The van der Waals surface area contributed by atoms with Gasteiger partial charge in [-0.25, -0.2) is 0 Å². The Morgan fingerprint density at radius 2 is 1.83 bits per heavy atom. The average Bonchev–Trinajstić information content (AvgIpc) is 2.82. The highest BCUT2D eigenvalue weighted by Gasteiger charge is 2.30. The summed E-state index contributed by atoms with van der Waals surface area (Å²) in [7, 11) is 0. The maximum absolute atomic E-state index is 12.9. The van der Waals surface area contributed by atoms with Gasteiger partial charge < -0.3 is 14.8 Å². The first kappa shape index (κ1) is 26.1. The monoisotopic (exact) mass is 592 g/mol. The number of anilines is 1. The van der Waals surface area contributed by atoms with Crippen molar-refractivity contribution in [1.29, 1.82) is 5.26 Å². The number of ether oxygens (including phenoxy) is 2. The molecule has 0 atom stereocenters. The summed E-state index contributed by atoms with van der Waals surface area (Å²) in [6.45, 7) is 2.51. The molecule has 0 aromatic heterocycles. The third-order valence-corrected chi connectivity index (χ3v) is 5.48. The Morgan fingerprint density at radius 1 is 1.09 bits per heavy atom. The number of carbonyl (C=O) groups is 1. The Kier molecular flexibility index (Phi) is 8.76. The van der Waals surface area contributed by atoms with Gasteiger partial charge >= 0.3 is 6.18 Å². The van der Waals surface area contributed by atoms with Crippen LogP contribution in [0.4, 0.5) is 18.9 Å². The quantitative estimate of drug-likeness (QED) is 0.177. The molecule has 0 saturated carbocycles. The number of nitrogens with one attached hydrogen (secondary N) is 1. The van der Waals surface area contributed by atoms with Gasteiger partial charge in [0.25, 0.3) is 5.91 Å². The van der Waals surface area contributed by atoms with Crippen LogP contribution in [-0.4, -0.2) is 12.5 Å². The second kappa shape index (κ2) is 11.8. The number of halogens is 4. The summed E-state index contributed by atoms with van der Waals surface area (Å²) in [5, 5.41) is 11.9. The second-order valence-electron chi connectivity index (χ2n) is 7.24. The highest BCUT2D eigenvalue weighted by Crippen LogP contribution is 2.36. The molecule has 0 aliphatic carbocycles. The Labute approximate surface area is 214 Å². The van der Waals surface area contributed by atoms with Gasteiger partial charge in [-0.3, -0.25) is 4.79 Å². The van der Waals surface area contributed by atoms with Crippen LogP contribution in [0.5, 0.6) is 11.5 Å². The summed E-state index contributed by atoms with van der Waals surface area (Å²) in [5.74, 6) is 0.140. The van der Waals surface area contributed by atoms with Crippen molar-refractivity contribution in [1.82, 2.24) is 0 Å². The van der Waals surface area contributed by atoms with E-state index in [1.807, 2.05) is 37.3 Å². The molecule has 0 fully saturated rings. The van der Waals surface area contributed by atoms with Gasteiger partial charge in [-0.05, 0) is 77.0 Å². The summed E-state index contributed by atoms with van der Waals surface area (Å²) < 4.78 is 51.2. The van der Waals surface area contributed by atoms with Crippen LogP contribution in [0.15, 0.2) is 72.3 Å². The van der Waals surface area contributed by atoms with Crippen molar-refractivity contribution < 1.29 is 27.4 Å². The van der Waals surface area contributed by atoms with Crippen molar-refractivity contribution in [3.05, 3.63) is 92.6 Å². The third-order valence-electron chi connectivity index (χ3n) is 4.68. The lowest BCUT2D eigenvalue weighted by Gasteiger charge is -2.15. The molecule has 1 N–H and O–H groups in total. The minimum absolute atomic E-state index is 0.0692. The van der Waals surface area contributed by atoms with Gasteiger partial charge in [-0.15, -0.1) is 0 Å². The van der Waals surface area contributed by atoms with Crippen molar-refractivity contribution >= 4 is 40.3 Å². The standard InChI is InChI=1S/C26H20F3IN2O3/c1-2-34-23-13-18(12-22(30)24(23)35-16-17-7-4-3-5-8-17)11-19(15-31)25(33)32-21-10-6-9-20(14-21)26(27,28)29/h3-14H,2,16H2,1H3,(H,32,33)/b19-11+. The number of rotatable bonds is 8. The van der Waals surface area contributed by atoms with Gasteiger partial charge in [-0.2, -0.15) is 18.4 Å². The normalized spacial score (nSPS) is 11.5. The van der Waals surface area contributed by atoms with Crippen molar-refractivity contribution in [3.8, 4) is 17.6 Å². The molecule has 0 aliphatic rings. The van der Waals surface area contributed by atoms with Gasteiger partial charge in [0.15, 0.2) is 11.5 Å². The zero-order valence-corrected chi connectivity index (χ0v) is 20.7. The summed E-state index contributed by atoms with van der Waals surface area (Å²) in [5.41, 5.74) is 0.229. The molecule has 0 saturated heterocycles. The maximum Gasteiger partial charge on any atom is 0.416 e. The fourth-order valence-electron chi connectivity index (χ4n) is 3.09. The molecule has 3 aromatic rings. The molecule has 5 nitrogen and oxygen atoms in total. The van der Waals surface area contributed by atoms with E-state index in [1.54, 1.807) is 18.2 Å². The smallest absolute Gasteiger partial charge is 0.416 e. The molecule has 180 valence electrons. The molecule has 0 heterocycles. The van der Waals surface area contributed by atoms with Crippen LogP contribution in [0.1, 0.15) is 23.6 Å². The lowest BCUT2D eigenvalue weighted by Crippen LogP contribution is -2.14. The molecule has 1 amide bonds. The summed E-state index contributed by atoms with van der Waals surface area (Å²) in [4.78, 5) is 12.6. The van der Waals surface area contributed by atoms with E-state index in [-0.39, 0.29) is 11.3 Å². The molecule has 0 radical (unpaired) electrons. The molecule has 0 aliphatic heterocycles. The number of alkyl halides is 3. The van der Waals surface area contributed by atoms with E-state index < -0.39 is 17.6 Å². The fourth-order valence-corrected chi connectivity index (χ4v) is 3.87. The third kappa shape index (κ3) is 7.23. The van der Waals surface area contributed by atoms with Crippen LogP contribution in [0, 0.1) is 14.9 Å². The molecule has 3 aromatic carbocycles. The van der Waals surface area contributed by atoms with E-state index >= 15 is 0 Å². The van der Waals surface area contributed by atoms with Crippen LogP contribution in [-0.2, 0) is 17.6 Å². The minimum atomic E-state index is -4.55. The van der Waals surface area contributed by atoms with Gasteiger partial charge in [0.2, 0.25) is 0 Å². The predicted octanol–water partition coefficient (Wildman–Crippen LogP) is 6.83. The molecular formula is C26H20F3IN2O3. The van der Waals surface area contributed by atoms with Crippen molar-refractivity contribution in [2.45, 2.75) is 19.7 Å². The Morgan fingerprint density at radius 3 is 2.49 bits per heavy atom. The first-order valence-corrected chi connectivity index (χ1v) is 11.5. The molecule has 0 spiro atoms.